The lowest BCUT2D eigenvalue weighted by atomic mass is 9.87. The van der Waals surface area contributed by atoms with E-state index in [1.54, 1.807) is 72.8 Å². The van der Waals surface area contributed by atoms with Gasteiger partial charge in [0.25, 0.3) is 35.4 Å². The molecule has 0 spiro atoms. The molecule has 3 aliphatic rings. The monoisotopic (exact) mass is 923 g/mol. The molecule has 3 aliphatic heterocycles. The number of fused-ring (bicyclic) bond motifs is 3. The smallest absolute Gasteiger partial charge is 0.261 e. The van der Waals surface area contributed by atoms with Gasteiger partial charge in [-0.2, -0.15) is 0 Å². The predicted molar refractivity (Wildman–Crippen MR) is 217 cm³/mol. The molecule has 0 unspecified atom stereocenters. The molecule has 6 amide bonds. The van der Waals surface area contributed by atoms with Crippen LogP contribution in [-0.4, -0.2) is 50.1 Å². The lowest BCUT2D eigenvalue weighted by Gasteiger charge is -2.29. The van der Waals surface area contributed by atoms with Crippen molar-refractivity contribution in [3.05, 3.63) is 175 Å². The van der Waals surface area contributed by atoms with Crippen molar-refractivity contribution in [3.8, 4) is 0 Å². The van der Waals surface area contributed by atoms with Gasteiger partial charge in [0.15, 0.2) is 0 Å². The first-order chi connectivity index (χ1) is 26.6. The summed E-state index contributed by atoms with van der Waals surface area (Å²) >= 11 is 10.9. The first-order valence-electron chi connectivity index (χ1n) is 17.3. The minimum atomic E-state index is -0.440. The summed E-state index contributed by atoms with van der Waals surface area (Å²) in [6.45, 7) is 1.75. The Morgan fingerprint density at radius 2 is 0.564 bits per heavy atom. The third-order valence-electron chi connectivity index (χ3n) is 10.1. The van der Waals surface area contributed by atoms with Gasteiger partial charge >= 0.3 is 0 Å². The van der Waals surface area contributed by atoms with Crippen LogP contribution in [0.3, 0.4) is 0 Å². The summed E-state index contributed by atoms with van der Waals surface area (Å²) in [6.07, 6.45) is 0. The molecule has 0 bridgehead atoms. The van der Waals surface area contributed by atoms with Gasteiger partial charge in [-0.1, -0.05) is 120 Å². The molecule has 0 aromatic heterocycles. The standard InChI is InChI=1S/C36H24Br3N3O6.C7H8/c37-13-25-28(16-40-31(43)19-7-1-2-8-20(19)32(40)44)26(14-38)30(18-42-35(47)23-11-5-6-12-24(23)36(42)48)27(15-39)29(25)17-41-33(45)21-9-3-4-10-22(21)34(41)46;1-7-5-3-2-4-6-7/h1-12H,13-18H2;2-6H,1H3. The van der Waals surface area contributed by atoms with Gasteiger partial charge in [0.2, 0.25) is 0 Å². The molecule has 8 rings (SSSR count). The van der Waals surface area contributed by atoms with Crippen molar-refractivity contribution < 1.29 is 28.8 Å². The fraction of sp³-hybridized carbons (Fsp3) is 0.163. The maximum atomic E-state index is 13.6. The zero-order valence-electron chi connectivity index (χ0n) is 29.5. The molecule has 5 aromatic carbocycles. The van der Waals surface area contributed by atoms with Crippen LogP contribution in [0.1, 0.15) is 101 Å². The number of carbonyl (C=O) groups excluding carboxylic acids is 6. The highest BCUT2D eigenvalue weighted by atomic mass is 79.9. The zero-order valence-corrected chi connectivity index (χ0v) is 34.2. The minimum absolute atomic E-state index is 0.110. The van der Waals surface area contributed by atoms with Gasteiger partial charge in [-0.15, -0.1) is 0 Å². The molecule has 9 nitrogen and oxygen atoms in total. The van der Waals surface area contributed by atoms with Crippen LogP contribution in [0, 0.1) is 6.92 Å². The fourth-order valence-corrected chi connectivity index (χ4v) is 9.34. The van der Waals surface area contributed by atoms with Gasteiger partial charge in [0.1, 0.15) is 0 Å². The molecule has 0 fully saturated rings. The molecule has 0 aliphatic carbocycles. The molecule has 3 heterocycles. The Bertz CT molecular complexity index is 2070. The Morgan fingerprint density at radius 1 is 0.345 bits per heavy atom. The number of nitrogens with zero attached hydrogens (tertiary/aromatic N) is 3. The quantitative estimate of drug-likeness (QED) is 0.108. The largest absolute Gasteiger partial charge is 0.270 e. The maximum Gasteiger partial charge on any atom is 0.261 e. The number of hydrogen-bond acceptors (Lipinski definition) is 6. The molecule has 12 heteroatoms. The second-order valence-corrected chi connectivity index (χ2v) is 14.8. The van der Waals surface area contributed by atoms with E-state index in [-0.39, 0.29) is 35.6 Å². The second kappa shape index (κ2) is 16.0. The Kier molecular flexibility index (Phi) is 11.1. The van der Waals surface area contributed by atoms with Crippen molar-refractivity contribution in [1.82, 2.24) is 14.7 Å². The Hall–Kier alpha value is -5.04. The van der Waals surface area contributed by atoms with E-state index in [1.807, 2.05) is 18.2 Å². The topological polar surface area (TPSA) is 112 Å². The zero-order chi connectivity index (χ0) is 39.0. The Morgan fingerprint density at radius 3 is 0.745 bits per heavy atom. The number of halogens is 3. The average molecular weight is 926 g/mol. The highest BCUT2D eigenvalue weighted by Gasteiger charge is 2.41. The highest BCUT2D eigenvalue weighted by Crippen LogP contribution is 2.39. The summed E-state index contributed by atoms with van der Waals surface area (Å²) in [4.78, 5) is 84.9. The van der Waals surface area contributed by atoms with Crippen LogP contribution in [0.4, 0.5) is 0 Å². The maximum absolute atomic E-state index is 13.6. The van der Waals surface area contributed by atoms with Crippen molar-refractivity contribution in [2.45, 2.75) is 42.5 Å². The van der Waals surface area contributed by atoms with E-state index in [1.165, 1.54) is 20.3 Å². The van der Waals surface area contributed by atoms with Crippen LogP contribution in [0.15, 0.2) is 103 Å². The van der Waals surface area contributed by atoms with E-state index in [2.05, 4.69) is 66.8 Å². The number of imide groups is 3. The van der Waals surface area contributed by atoms with Gasteiger partial charge in [0.05, 0.1) is 53.0 Å². The van der Waals surface area contributed by atoms with Crippen LogP contribution in [0.2, 0.25) is 0 Å². The van der Waals surface area contributed by atoms with E-state index in [0.717, 1.165) is 0 Å². The molecule has 0 atom stereocenters. The third-order valence-corrected chi connectivity index (χ3v) is 11.8. The number of amides is 6. The van der Waals surface area contributed by atoms with Crippen molar-refractivity contribution in [2.75, 3.05) is 0 Å². The number of aryl methyl sites for hydroxylation is 1. The Balaban J connectivity index is 0.000000599. The normalized spacial score (nSPS) is 14.4. The first-order valence-corrected chi connectivity index (χ1v) is 20.7. The molecule has 276 valence electrons. The van der Waals surface area contributed by atoms with Gasteiger partial charge in [0, 0.05) is 16.0 Å². The fourth-order valence-electron chi connectivity index (χ4n) is 7.31. The molecule has 5 aromatic rings. The van der Waals surface area contributed by atoms with E-state index >= 15 is 0 Å². The van der Waals surface area contributed by atoms with Crippen LogP contribution in [0.5, 0.6) is 0 Å². The van der Waals surface area contributed by atoms with Gasteiger partial charge in [-0.25, -0.2) is 0 Å². The summed E-state index contributed by atoms with van der Waals surface area (Å²) in [5.41, 5.74) is 7.06. The molecular formula is C43H32Br3N3O6. The summed E-state index contributed by atoms with van der Waals surface area (Å²) in [5, 5.41) is 0.784. The van der Waals surface area contributed by atoms with Gasteiger partial charge in [-0.3, -0.25) is 43.5 Å². The molecular weight excluding hydrogens is 894 g/mol. The van der Waals surface area contributed by atoms with Crippen molar-refractivity contribution in [3.63, 3.8) is 0 Å². The molecule has 0 saturated heterocycles. The number of hydrogen-bond donors (Lipinski definition) is 0. The second-order valence-electron chi connectivity index (χ2n) is 13.2. The van der Waals surface area contributed by atoms with E-state index in [0.29, 0.717) is 66.8 Å². The lowest BCUT2D eigenvalue weighted by Crippen LogP contribution is -2.34. The van der Waals surface area contributed by atoms with Gasteiger partial charge < -0.3 is 0 Å². The summed E-state index contributed by atoms with van der Waals surface area (Å²) in [7, 11) is 0. The first kappa shape index (κ1) is 38.2. The minimum Gasteiger partial charge on any atom is -0.270 e. The molecule has 0 radical (unpaired) electrons. The summed E-state index contributed by atoms with van der Waals surface area (Å²) < 4.78 is 0. The van der Waals surface area contributed by atoms with E-state index in [4.69, 9.17) is 0 Å². The number of benzene rings is 5. The van der Waals surface area contributed by atoms with Crippen LogP contribution in [-0.2, 0) is 35.6 Å². The number of alkyl halides is 3. The number of rotatable bonds is 9. The lowest BCUT2D eigenvalue weighted by molar-refractivity contribution is 0.0630. The van der Waals surface area contributed by atoms with E-state index < -0.39 is 35.4 Å². The summed E-state index contributed by atoms with van der Waals surface area (Å²) in [5.74, 6) is -2.64. The van der Waals surface area contributed by atoms with Crippen LogP contribution < -0.4 is 0 Å². The summed E-state index contributed by atoms with van der Waals surface area (Å²) in [6, 6.07) is 30.1. The molecule has 0 N–H and O–H groups in total. The van der Waals surface area contributed by atoms with Crippen LogP contribution in [0.25, 0.3) is 0 Å². The molecule has 55 heavy (non-hydrogen) atoms. The Labute approximate surface area is 342 Å². The predicted octanol–water partition coefficient (Wildman–Crippen LogP) is 8.75. The SMILES string of the molecule is Cc1ccccc1.O=C1c2ccccc2C(=O)N1Cc1c(CBr)c(CN2C(=O)c3ccccc3C2=O)c(CBr)c(CN2C(=O)c3ccccc3C2=O)c1CBr. The van der Waals surface area contributed by atoms with Crippen molar-refractivity contribution in [1.29, 1.82) is 0 Å². The van der Waals surface area contributed by atoms with Crippen LogP contribution >= 0.6 is 47.8 Å². The third kappa shape index (κ3) is 6.81. The van der Waals surface area contributed by atoms with E-state index in [9.17, 15) is 28.8 Å². The highest BCUT2D eigenvalue weighted by molar-refractivity contribution is 9.09. The number of carbonyl (C=O) groups is 6. The average Bonchev–Trinajstić information content (AvgIpc) is 3.70. The molecule has 0 saturated carbocycles. The van der Waals surface area contributed by atoms with Gasteiger partial charge in [-0.05, 0) is 76.7 Å². The van der Waals surface area contributed by atoms with Crippen molar-refractivity contribution in [2.24, 2.45) is 0 Å². The van der Waals surface area contributed by atoms with Crippen molar-refractivity contribution >= 4 is 83.2 Å².